The van der Waals surface area contributed by atoms with E-state index in [0.717, 1.165) is 41.7 Å². The van der Waals surface area contributed by atoms with E-state index in [1.807, 2.05) is 0 Å². The molecule has 1 aromatic carbocycles. The summed E-state index contributed by atoms with van der Waals surface area (Å²) in [6.45, 7) is 5.95. The predicted octanol–water partition coefficient (Wildman–Crippen LogP) is 2.62. The first-order valence-corrected chi connectivity index (χ1v) is 15.4. The number of benzene rings is 1. The van der Waals surface area contributed by atoms with Gasteiger partial charge >= 0.3 is 35.6 Å². The molecule has 0 saturated carbocycles. The predicted molar refractivity (Wildman–Crippen MR) is 167 cm³/mol. The Hall–Kier alpha value is -4.22. The van der Waals surface area contributed by atoms with Gasteiger partial charge in [-0.2, -0.15) is 0 Å². The van der Waals surface area contributed by atoms with Gasteiger partial charge in [0, 0.05) is 46.0 Å². The Morgan fingerprint density at radius 3 is 2.17 bits per heavy atom. The van der Waals surface area contributed by atoms with Gasteiger partial charge in [0.2, 0.25) is 11.8 Å². The number of aromatic nitrogens is 1. The van der Waals surface area contributed by atoms with Gasteiger partial charge in [-0.15, -0.1) is 0 Å². The van der Waals surface area contributed by atoms with Crippen molar-refractivity contribution in [1.82, 2.24) is 9.88 Å². The third kappa shape index (κ3) is 8.82. The summed E-state index contributed by atoms with van der Waals surface area (Å²) in [5.74, 6) is -8.49. The molecule has 1 saturated heterocycles. The number of nitrogens with one attached hydrogen (secondary N) is 1. The Balaban J connectivity index is 2.35. The maximum absolute atomic E-state index is 13.8. The fourth-order valence-electron chi connectivity index (χ4n) is 5.25. The molecule has 1 amide bonds. The van der Waals surface area contributed by atoms with Crippen LogP contribution in [0.25, 0.3) is 10.9 Å². The van der Waals surface area contributed by atoms with Gasteiger partial charge in [-0.25, -0.2) is 4.79 Å². The molecule has 1 aliphatic heterocycles. The summed E-state index contributed by atoms with van der Waals surface area (Å²) >= 11 is 9.95. The van der Waals surface area contributed by atoms with Crippen LogP contribution in [-0.4, -0.2) is 96.2 Å². The topological polar surface area (TPSA) is 201 Å². The number of nitrogens with zero attached hydrogens (tertiary/aromatic N) is 1. The van der Waals surface area contributed by atoms with Crippen LogP contribution in [0, 0.1) is 0 Å². The van der Waals surface area contributed by atoms with Gasteiger partial charge in [-0.05, 0) is 28.1 Å². The number of rotatable bonds is 11. The number of ether oxygens (including phenoxy) is 7. The minimum Gasteiger partial charge on any atom is -0.464 e. The molecule has 2 aromatic rings. The van der Waals surface area contributed by atoms with Crippen molar-refractivity contribution in [3.8, 4) is 5.75 Å². The summed E-state index contributed by atoms with van der Waals surface area (Å²) < 4.78 is 40.8. The first kappa shape index (κ1) is 38.2. The molecule has 0 bridgehead atoms. The average molecular weight is 762 g/mol. The van der Waals surface area contributed by atoms with E-state index < -0.39 is 90.9 Å². The minimum absolute atomic E-state index is 0.0941. The number of carbonyl (C=O) groups excluding carboxylic acids is 7. The van der Waals surface area contributed by atoms with Crippen LogP contribution in [0.5, 0.6) is 5.75 Å². The lowest BCUT2D eigenvalue weighted by Crippen LogP contribution is -2.70. The number of hydrogen-bond donors (Lipinski definition) is 1. The third-order valence-corrected chi connectivity index (χ3v) is 8.22. The maximum Gasteiger partial charge on any atom is 0.379 e. The van der Waals surface area contributed by atoms with Crippen LogP contribution in [0.3, 0.4) is 0 Å². The first-order chi connectivity index (χ1) is 22.4. The largest absolute Gasteiger partial charge is 0.464 e. The number of fused-ring (bicyclic) bond motifs is 1. The fraction of sp³-hybridized carbons (Fsp3) is 0.500. The highest BCUT2D eigenvalue weighted by Gasteiger charge is 2.60. The standard InChI is InChI=1S/C30H34BrClN2O14/c1-13(35)33-26-21(44-16(4)38)10-30(29(41)42-7,47-22-11-34(14(2)36)20-9-8-19(31)25(32)24(20)22)48-28(26)27(46-18(6)40)23(45-17(5)39)12-43-15(3)37/h8-9,11,21,23,26-28H,10,12H2,1-7H3,(H,33,35)/t21-,23+,26+,27+,28+,30+/m0/s1. The Bertz CT molecular complexity index is 1630. The number of hydrogen-bond acceptors (Lipinski definition) is 14. The van der Waals surface area contributed by atoms with Crippen molar-refractivity contribution in [2.75, 3.05) is 13.7 Å². The van der Waals surface area contributed by atoms with Crippen LogP contribution in [-0.2, 0) is 57.2 Å². The second-order valence-electron chi connectivity index (χ2n) is 10.7. The van der Waals surface area contributed by atoms with Crippen LogP contribution < -0.4 is 10.1 Å². The Kier molecular flexibility index (Phi) is 12.6. The lowest BCUT2D eigenvalue weighted by atomic mass is 9.88. The van der Waals surface area contributed by atoms with Gasteiger partial charge in [0.25, 0.3) is 0 Å². The second-order valence-corrected chi connectivity index (χ2v) is 11.9. The summed E-state index contributed by atoms with van der Waals surface area (Å²) in [4.78, 5) is 87.6. The lowest BCUT2D eigenvalue weighted by Gasteiger charge is -2.48. The van der Waals surface area contributed by atoms with Crippen molar-refractivity contribution >= 4 is 80.1 Å². The summed E-state index contributed by atoms with van der Waals surface area (Å²) in [5.41, 5.74) is 0.292. The smallest absolute Gasteiger partial charge is 0.379 e. The van der Waals surface area contributed by atoms with Gasteiger partial charge in [0.15, 0.2) is 18.0 Å². The number of amides is 1. The number of esters is 5. The molecular formula is C30H34BrClN2O14. The zero-order chi connectivity index (χ0) is 36.1. The minimum atomic E-state index is -2.57. The first-order valence-electron chi connectivity index (χ1n) is 14.3. The van der Waals surface area contributed by atoms with Crippen molar-refractivity contribution < 1.29 is 66.7 Å². The molecule has 0 unspecified atom stereocenters. The van der Waals surface area contributed by atoms with Crippen LogP contribution in [0.15, 0.2) is 22.8 Å². The van der Waals surface area contributed by atoms with Gasteiger partial charge in [0.05, 0.1) is 41.7 Å². The van der Waals surface area contributed by atoms with E-state index in [1.54, 1.807) is 12.1 Å². The van der Waals surface area contributed by atoms with Crippen molar-refractivity contribution in [1.29, 1.82) is 0 Å². The molecule has 0 radical (unpaired) electrons. The molecular weight excluding hydrogens is 728 g/mol. The van der Waals surface area contributed by atoms with E-state index >= 15 is 0 Å². The SMILES string of the molecule is COC(=O)[C@@]1(Oc2cn(C(C)=O)c3ccc(Br)c(Cl)c23)C[C@H](OC(C)=O)[C@@H](NC(C)=O)[C@H]([C@H](OC(C)=O)[C@@H](COC(C)=O)OC(C)=O)O1. The molecule has 2 heterocycles. The molecule has 1 aromatic heterocycles. The fourth-order valence-corrected chi connectivity index (χ4v) is 5.83. The summed E-state index contributed by atoms with van der Waals surface area (Å²) in [5, 5.41) is 2.84. The zero-order valence-corrected chi connectivity index (χ0v) is 29.3. The van der Waals surface area contributed by atoms with E-state index in [2.05, 4.69) is 21.2 Å². The molecule has 1 aliphatic rings. The number of carbonyl (C=O) groups is 7. The summed E-state index contributed by atoms with van der Waals surface area (Å²) in [6.07, 6.45) is -5.91. The van der Waals surface area contributed by atoms with Crippen LogP contribution in [0.4, 0.5) is 0 Å². The Labute approximate surface area is 287 Å². The second kappa shape index (κ2) is 15.8. The zero-order valence-electron chi connectivity index (χ0n) is 27.0. The van der Waals surface area contributed by atoms with Crippen molar-refractivity contribution in [3.05, 3.63) is 27.8 Å². The number of methoxy groups -OCH3 is 1. The molecule has 3 rings (SSSR count). The molecule has 0 spiro atoms. The number of halogens is 2. The Morgan fingerprint density at radius 1 is 1.00 bits per heavy atom. The van der Waals surface area contributed by atoms with E-state index in [0.29, 0.717) is 9.99 Å². The van der Waals surface area contributed by atoms with E-state index in [9.17, 15) is 33.6 Å². The van der Waals surface area contributed by atoms with Crippen molar-refractivity contribution in [3.63, 3.8) is 0 Å². The molecule has 262 valence electrons. The van der Waals surface area contributed by atoms with E-state index in [4.69, 9.17) is 44.8 Å². The quantitative estimate of drug-likeness (QED) is 0.259. The highest BCUT2D eigenvalue weighted by Crippen LogP contribution is 2.43. The van der Waals surface area contributed by atoms with Crippen molar-refractivity contribution in [2.24, 2.45) is 0 Å². The molecule has 6 atom stereocenters. The summed E-state index contributed by atoms with van der Waals surface area (Å²) in [6, 6.07) is 1.76. The van der Waals surface area contributed by atoms with Gasteiger partial charge < -0.3 is 38.5 Å². The molecule has 16 nitrogen and oxygen atoms in total. The van der Waals surface area contributed by atoms with Gasteiger partial charge in [-0.3, -0.25) is 33.3 Å². The molecule has 18 heteroatoms. The van der Waals surface area contributed by atoms with Gasteiger partial charge in [0.1, 0.15) is 18.8 Å². The van der Waals surface area contributed by atoms with Crippen LogP contribution >= 0.6 is 27.5 Å². The Morgan fingerprint density at radius 2 is 1.65 bits per heavy atom. The molecule has 48 heavy (non-hydrogen) atoms. The average Bonchev–Trinajstić information content (AvgIpc) is 3.34. The van der Waals surface area contributed by atoms with Crippen LogP contribution in [0.2, 0.25) is 5.02 Å². The van der Waals surface area contributed by atoms with Crippen LogP contribution in [0.1, 0.15) is 52.8 Å². The molecule has 0 aliphatic carbocycles. The monoisotopic (exact) mass is 760 g/mol. The highest BCUT2D eigenvalue weighted by atomic mass is 79.9. The highest BCUT2D eigenvalue weighted by molar-refractivity contribution is 9.10. The van der Waals surface area contributed by atoms with E-state index in [1.165, 1.54) is 17.7 Å². The molecule has 1 fully saturated rings. The van der Waals surface area contributed by atoms with Gasteiger partial charge in [-0.1, -0.05) is 11.6 Å². The third-order valence-electron chi connectivity index (χ3n) is 6.93. The normalized spacial score (nSPS) is 21.6. The maximum atomic E-state index is 13.8. The molecule has 1 N–H and O–H groups in total. The van der Waals surface area contributed by atoms with Crippen molar-refractivity contribution in [2.45, 2.75) is 84.2 Å². The van der Waals surface area contributed by atoms with E-state index in [-0.39, 0.29) is 16.2 Å². The lowest BCUT2D eigenvalue weighted by molar-refractivity contribution is -0.289. The summed E-state index contributed by atoms with van der Waals surface area (Å²) in [7, 11) is 1.01.